The molecule has 3 rings (SSSR count). The molecule has 1 aliphatic carbocycles. The van der Waals surface area contributed by atoms with Gasteiger partial charge in [-0.2, -0.15) is 5.10 Å². The average Bonchev–Trinajstić information content (AvgIpc) is 2.72. The molecule has 1 saturated heterocycles. The molecule has 0 aromatic carbocycles. The topological polar surface area (TPSA) is 37.9 Å². The van der Waals surface area contributed by atoms with Crippen LogP contribution in [0.3, 0.4) is 0 Å². The van der Waals surface area contributed by atoms with Crippen molar-refractivity contribution in [2.75, 3.05) is 6.61 Å². The maximum atomic E-state index is 5.77. The first-order valence-electron chi connectivity index (χ1n) is 5.01. The monoisotopic (exact) mass is 178 g/mol. The number of rotatable bonds is 1. The van der Waals surface area contributed by atoms with Gasteiger partial charge < -0.3 is 4.74 Å². The summed E-state index contributed by atoms with van der Waals surface area (Å²) in [7, 11) is 0. The molecule has 1 aromatic rings. The quantitative estimate of drug-likeness (QED) is 0.712. The molecule has 70 valence electrons. The zero-order valence-corrected chi connectivity index (χ0v) is 7.62. The molecular weight excluding hydrogens is 164 g/mol. The van der Waals surface area contributed by atoms with Gasteiger partial charge >= 0.3 is 0 Å². The summed E-state index contributed by atoms with van der Waals surface area (Å²) in [6.45, 7) is 0.968. The van der Waals surface area contributed by atoms with Gasteiger partial charge in [0.1, 0.15) is 0 Å². The van der Waals surface area contributed by atoms with Crippen molar-refractivity contribution in [2.24, 2.45) is 0 Å². The van der Waals surface area contributed by atoms with Crippen LogP contribution in [0.4, 0.5) is 0 Å². The van der Waals surface area contributed by atoms with E-state index < -0.39 is 0 Å². The Bertz CT molecular complexity index is 280. The first-order valence-corrected chi connectivity index (χ1v) is 5.01. The lowest BCUT2D eigenvalue weighted by Crippen LogP contribution is -2.41. The number of ether oxygens (including phenoxy) is 1. The van der Waals surface area contributed by atoms with Crippen LogP contribution in [0.15, 0.2) is 12.3 Å². The third-order valence-corrected chi connectivity index (χ3v) is 3.38. The normalized spacial score (nSPS) is 38.0. The van der Waals surface area contributed by atoms with Crippen LogP contribution in [0.2, 0.25) is 0 Å². The maximum absolute atomic E-state index is 5.77. The summed E-state index contributed by atoms with van der Waals surface area (Å²) in [5.41, 5.74) is 1.54. The number of nitrogens with one attached hydrogen (secondary N) is 1. The standard InChI is InChI=1S/C10H14N2O/c1-3-10(13-5-1)6-8(7-10)9-2-4-11-12-9/h2,4,8H,1,3,5-7H2,(H,11,12). The summed E-state index contributed by atoms with van der Waals surface area (Å²) < 4.78 is 5.77. The van der Waals surface area contributed by atoms with E-state index in [4.69, 9.17) is 4.74 Å². The van der Waals surface area contributed by atoms with E-state index >= 15 is 0 Å². The van der Waals surface area contributed by atoms with Gasteiger partial charge in [0, 0.05) is 24.4 Å². The van der Waals surface area contributed by atoms with Crippen molar-refractivity contribution in [3.8, 4) is 0 Å². The van der Waals surface area contributed by atoms with Crippen LogP contribution in [0, 0.1) is 0 Å². The summed E-state index contributed by atoms with van der Waals surface area (Å²) >= 11 is 0. The molecule has 2 aliphatic rings. The van der Waals surface area contributed by atoms with Crippen molar-refractivity contribution >= 4 is 0 Å². The van der Waals surface area contributed by atoms with Crippen molar-refractivity contribution in [1.29, 1.82) is 0 Å². The fourth-order valence-electron chi connectivity index (χ4n) is 2.63. The number of nitrogens with zero attached hydrogens (tertiary/aromatic N) is 1. The first kappa shape index (κ1) is 7.56. The lowest BCUT2D eigenvalue weighted by atomic mass is 9.68. The van der Waals surface area contributed by atoms with Gasteiger partial charge in [-0.1, -0.05) is 0 Å². The number of H-pyrrole nitrogens is 1. The molecule has 0 bridgehead atoms. The molecule has 1 aromatic heterocycles. The Morgan fingerprint density at radius 1 is 1.54 bits per heavy atom. The van der Waals surface area contributed by atoms with Crippen molar-refractivity contribution in [3.05, 3.63) is 18.0 Å². The van der Waals surface area contributed by atoms with Gasteiger partial charge in [0.2, 0.25) is 0 Å². The van der Waals surface area contributed by atoms with Crippen molar-refractivity contribution in [2.45, 2.75) is 37.2 Å². The van der Waals surface area contributed by atoms with E-state index in [-0.39, 0.29) is 5.60 Å². The van der Waals surface area contributed by atoms with Crippen molar-refractivity contribution in [1.82, 2.24) is 10.2 Å². The van der Waals surface area contributed by atoms with E-state index in [2.05, 4.69) is 16.3 Å². The molecule has 3 heteroatoms. The zero-order valence-electron chi connectivity index (χ0n) is 7.62. The largest absolute Gasteiger partial charge is 0.375 e. The average molecular weight is 178 g/mol. The van der Waals surface area contributed by atoms with E-state index in [1.54, 1.807) is 0 Å². The van der Waals surface area contributed by atoms with E-state index in [0.29, 0.717) is 5.92 Å². The van der Waals surface area contributed by atoms with E-state index in [0.717, 1.165) is 6.61 Å². The summed E-state index contributed by atoms with van der Waals surface area (Å²) in [5, 5.41) is 7.01. The molecule has 1 N–H and O–H groups in total. The molecule has 0 radical (unpaired) electrons. The highest BCUT2D eigenvalue weighted by molar-refractivity contribution is 5.16. The molecule has 0 unspecified atom stereocenters. The van der Waals surface area contributed by atoms with E-state index in [9.17, 15) is 0 Å². The zero-order chi connectivity index (χ0) is 8.73. The van der Waals surface area contributed by atoms with Gasteiger partial charge in [-0.05, 0) is 31.7 Å². The van der Waals surface area contributed by atoms with Crippen LogP contribution in [-0.4, -0.2) is 22.4 Å². The molecule has 1 spiro atoms. The third-order valence-electron chi connectivity index (χ3n) is 3.38. The van der Waals surface area contributed by atoms with Gasteiger partial charge in [0.05, 0.1) is 5.60 Å². The Labute approximate surface area is 77.5 Å². The summed E-state index contributed by atoms with van der Waals surface area (Å²) in [6, 6.07) is 2.08. The van der Waals surface area contributed by atoms with Gasteiger partial charge in [-0.3, -0.25) is 5.10 Å². The van der Waals surface area contributed by atoms with Crippen LogP contribution in [0.25, 0.3) is 0 Å². The second kappa shape index (κ2) is 2.58. The number of hydrogen-bond donors (Lipinski definition) is 1. The van der Waals surface area contributed by atoms with Gasteiger partial charge in [0.25, 0.3) is 0 Å². The lowest BCUT2D eigenvalue weighted by Gasteiger charge is -2.43. The highest BCUT2D eigenvalue weighted by atomic mass is 16.5. The minimum Gasteiger partial charge on any atom is -0.375 e. The van der Waals surface area contributed by atoms with E-state index in [1.807, 2.05) is 6.20 Å². The molecule has 2 heterocycles. The SMILES string of the molecule is c1cc(C2CC3(CCCO3)C2)[nH]n1. The predicted octanol–water partition coefficient (Wildman–Crippen LogP) is 1.84. The highest BCUT2D eigenvalue weighted by Gasteiger charge is 2.48. The van der Waals surface area contributed by atoms with Gasteiger partial charge in [-0.15, -0.1) is 0 Å². The van der Waals surface area contributed by atoms with Crippen LogP contribution in [0.1, 0.15) is 37.3 Å². The number of hydrogen-bond acceptors (Lipinski definition) is 2. The Hall–Kier alpha value is -0.830. The Morgan fingerprint density at radius 3 is 3.08 bits per heavy atom. The first-order chi connectivity index (χ1) is 6.38. The number of aromatic nitrogens is 2. The van der Waals surface area contributed by atoms with Gasteiger partial charge in [-0.25, -0.2) is 0 Å². The fourth-order valence-corrected chi connectivity index (χ4v) is 2.63. The molecule has 13 heavy (non-hydrogen) atoms. The summed E-state index contributed by atoms with van der Waals surface area (Å²) in [4.78, 5) is 0. The molecular formula is C10H14N2O. The van der Waals surface area contributed by atoms with Crippen LogP contribution < -0.4 is 0 Å². The fraction of sp³-hybridized carbons (Fsp3) is 0.700. The molecule has 1 saturated carbocycles. The molecule has 2 fully saturated rings. The van der Waals surface area contributed by atoms with Crippen molar-refractivity contribution < 1.29 is 4.74 Å². The molecule has 1 aliphatic heterocycles. The van der Waals surface area contributed by atoms with Crippen molar-refractivity contribution in [3.63, 3.8) is 0 Å². The Balaban J connectivity index is 1.68. The van der Waals surface area contributed by atoms with Gasteiger partial charge in [0.15, 0.2) is 0 Å². The molecule has 3 nitrogen and oxygen atoms in total. The predicted molar refractivity (Wildman–Crippen MR) is 48.5 cm³/mol. The second-order valence-electron chi connectivity index (χ2n) is 4.25. The van der Waals surface area contributed by atoms with Crippen LogP contribution in [0.5, 0.6) is 0 Å². The highest BCUT2D eigenvalue weighted by Crippen LogP contribution is 2.51. The second-order valence-corrected chi connectivity index (χ2v) is 4.25. The third kappa shape index (κ3) is 1.10. The summed E-state index contributed by atoms with van der Waals surface area (Å²) in [5.74, 6) is 0.667. The molecule has 0 amide bonds. The minimum absolute atomic E-state index is 0.260. The van der Waals surface area contributed by atoms with Crippen LogP contribution >= 0.6 is 0 Å². The summed E-state index contributed by atoms with van der Waals surface area (Å²) in [6.07, 6.45) is 6.72. The lowest BCUT2D eigenvalue weighted by molar-refractivity contribution is -0.0703. The smallest absolute Gasteiger partial charge is 0.0696 e. The maximum Gasteiger partial charge on any atom is 0.0696 e. The Morgan fingerprint density at radius 2 is 2.46 bits per heavy atom. The minimum atomic E-state index is 0.260. The molecule has 0 atom stereocenters. The van der Waals surface area contributed by atoms with E-state index in [1.165, 1.54) is 31.4 Å². The van der Waals surface area contributed by atoms with Crippen LogP contribution in [-0.2, 0) is 4.74 Å². The Kier molecular flexibility index (Phi) is 1.50. The number of aromatic amines is 1.